The molecule has 0 aromatic carbocycles. The first-order valence-corrected chi connectivity index (χ1v) is 4.32. The Labute approximate surface area is 73.5 Å². The molecule has 0 fully saturated rings. The minimum absolute atomic E-state index is 0.832. The normalized spacial score (nSPS) is 21.4. The van der Waals surface area contributed by atoms with E-state index in [-0.39, 0.29) is 0 Å². The first-order valence-electron chi connectivity index (χ1n) is 4.32. The van der Waals surface area contributed by atoms with Gasteiger partial charge in [0.1, 0.15) is 6.29 Å². The molecule has 0 saturated heterocycles. The van der Waals surface area contributed by atoms with Gasteiger partial charge in [0.25, 0.3) is 0 Å². The number of carbonyl (C=O) groups excluding carboxylic acids is 1. The molecule has 0 aromatic rings. The van der Waals surface area contributed by atoms with Gasteiger partial charge >= 0.3 is 0 Å². The SMILES string of the molecule is CC(=C\C=O)/C=C1/C=CCCC1. The summed E-state index contributed by atoms with van der Waals surface area (Å²) in [6.45, 7) is 1.95. The summed E-state index contributed by atoms with van der Waals surface area (Å²) >= 11 is 0. The Balaban J connectivity index is 2.66. The highest BCUT2D eigenvalue weighted by molar-refractivity contribution is 5.67. The van der Waals surface area contributed by atoms with Crippen molar-refractivity contribution in [2.45, 2.75) is 26.2 Å². The predicted molar refractivity (Wildman–Crippen MR) is 50.9 cm³/mol. The molecule has 0 heterocycles. The van der Waals surface area contributed by atoms with Crippen LogP contribution in [0.2, 0.25) is 0 Å². The largest absolute Gasteiger partial charge is 0.299 e. The van der Waals surface area contributed by atoms with Crippen LogP contribution in [0, 0.1) is 0 Å². The maximum Gasteiger partial charge on any atom is 0.143 e. The van der Waals surface area contributed by atoms with E-state index in [1.165, 1.54) is 18.4 Å². The number of allylic oxidation sites excluding steroid dienone is 6. The Kier molecular flexibility index (Phi) is 3.52. The molecular weight excluding hydrogens is 148 g/mol. The maximum atomic E-state index is 10.1. The molecule has 1 nitrogen and oxygen atoms in total. The second-order valence-electron chi connectivity index (χ2n) is 3.06. The Morgan fingerprint density at radius 1 is 1.58 bits per heavy atom. The van der Waals surface area contributed by atoms with E-state index < -0.39 is 0 Å². The summed E-state index contributed by atoms with van der Waals surface area (Å²) < 4.78 is 0. The van der Waals surface area contributed by atoms with Crippen LogP contribution < -0.4 is 0 Å². The van der Waals surface area contributed by atoms with Crippen molar-refractivity contribution >= 4 is 6.29 Å². The van der Waals surface area contributed by atoms with Crippen molar-refractivity contribution in [2.24, 2.45) is 0 Å². The summed E-state index contributed by atoms with van der Waals surface area (Å²) in [5.41, 5.74) is 2.36. The number of rotatable bonds is 2. The molecule has 0 aliphatic heterocycles. The molecule has 12 heavy (non-hydrogen) atoms. The van der Waals surface area contributed by atoms with E-state index in [0.29, 0.717) is 0 Å². The zero-order valence-corrected chi connectivity index (χ0v) is 7.42. The minimum Gasteiger partial charge on any atom is -0.299 e. The van der Waals surface area contributed by atoms with Gasteiger partial charge in [0.15, 0.2) is 0 Å². The van der Waals surface area contributed by atoms with Gasteiger partial charge in [0, 0.05) is 0 Å². The Morgan fingerprint density at radius 3 is 3.00 bits per heavy atom. The van der Waals surface area contributed by atoms with Crippen LogP contribution in [0.4, 0.5) is 0 Å². The predicted octanol–water partition coefficient (Wildman–Crippen LogP) is 2.80. The molecule has 0 unspecified atom stereocenters. The molecule has 0 amide bonds. The van der Waals surface area contributed by atoms with Crippen LogP contribution in [-0.4, -0.2) is 6.29 Å². The van der Waals surface area contributed by atoms with Gasteiger partial charge in [-0.15, -0.1) is 0 Å². The Bertz CT molecular complexity index is 244. The van der Waals surface area contributed by atoms with E-state index >= 15 is 0 Å². The van der Waals surface area contributed by atoms with E-state index in [0.717, 1.165) is 18.3 Å². The molecule has 0 aromatic heterocycles. The summed E-state index contributed by atoms with van der Waals surface area (Å²) in [5, 5.41) is 0. The summed E-state index contributed by atoms with van der Waals surface area (Å²) in [7, 11) is 0. The van der Waals surface area contributed by atoms with Gasteiger partial charge in [-0.25, -0.2) is 0 Å². The number of hydrogen-bond acceptors (Lipinski definition) is 1. The van der Waals surface area contributed by atoms with Crippen molar-refractivity contribution in [3.8, 4) is 0 Å². The summed E-state index contributed by atoms with van der Waals surface area (Å²) in [5.74, 6) is 0. The van der Waals surface area contributed by atoms with Crippen LogP contribution in [0.3, 0.4) is 0 Å². The van der Waals surface area contributed by atoms with Gasteiger partial charge in [-0.1, -0.05) is 18.2 Å². The van der Waals surface area contributed by atoms with Crippen LogP contribution in [0.5, 0.6) is 0 Å². The van der Waals surface area contributed by atoms with Crippen molar-refractivity contribution < 1.29 is 4.79 Å². The first-order chi connectivity index (χ1) is 5.83. The summed E-state index contributed by atoms with van der Waals surface area (Å²) in [4.78, 5) is 10.1. The van der Waals surface area contributed by atoms with Crippen molar-refractivity contribution in [2.75, 3.05) is 0 Å². The van der Waals surface area contributed by atoms with Crippen LogP contribution in [0.15, 0.2) is 35.5 Å². The third-order valence-electron chi connectivity index (χ3n) is 1.91. The molecule has 1 aliphatic carbocycles. The van der Waals surface area contributed by atoms with Gasteiger partial charge in [-0.3, -0.25) is 4.79 Å². The smallest absolute Gasteiger partial charge is 0.143 e. The zero-order valence-electron chi connectivity index (χ0n) is 7.42. The van der Waals surface area contributed by atoms with Crippen molar-refractivity contribution in [3.63, 3.8) is 0 Å². The lowest BCUT2D eigenvalue weighted by Crippen LogP contribution is -1.86. The lowest BCUT2D eigenvalue weighted by molar-refractivity contribution is -0.104. The monoisotopic (exact) mass is 162 g/mol. The number of carbonyl (C=O) groups is 1. The van der Waals surface area contributed by atoms with E-state index in [1.54, 1.807) is 6.08 Å². The summed E-state index contributed by atoms with van der Waals surface area (Å²) in [6, 6.07) is 0. The molecule has 1 aliphatic rings. The highest BCUT2D eigenvalue weighted by Crippen LogP contribution is 2.17. The van der Waals surface area contributed by atoms with E-state index in [1.807, 2.05) is 6.92 Å². The molecule has 0 atom stereocenters. The van der Waals surface area contributed by atoms with Crippen LogP contribution in [0.25, 0.3) is 0 Å². The van der Waals surface area contributed by atoms with Crippen LogP contribution >= 0.6 is 0 Å². The van der Waals surface area contributed by atoms with Crippen molar-refractivity contribution in [3.05, 3.63) is 35.5 Å². The fourth-order valence-corrected chi connectivity index (χ4v) is 1.31. The van der Waals surface area contributed by atoms with Crippen LogP contribution in [0.1, 0.15) is 26.2 Å². The molecule has 0 radical (unpaired) electrons. The molecule has 1 heteroatoms. The number of hydrogen-bond donors (Lipinski definition) is 0. The van der Waals surface area contributed by atoms with Crippen molar-refractivity contribution in [1.82, 2.24) is 0 Å². The molecule has 0 N–H and O–H groups in total. The third kappa shape index (κ3) is 2.87. The first kappa shape index (κ1) is 8.98. The topological polar surface area (TPSA) is 17.1 Å². The second-order valence-corrected chi connectivity index (χ2v) is 3.06. The molecule has 64 valence electrons. The molecule has 1 rings (SSSR count). The fraction of sp³-hybridized carbons (Fsp3) is 0.364. The standard InChI is InChI=1S/C11H14O/c1-10(7-8-12)9-11-5-3-2-4-6-11/h3,5,7-9H,2,4,6H2,1H3/b10-7+,11-9-. The highest BCUT2D eigenvalue weighted by Gasteiger charge is 1.97. The maximum absolute atomic E-state index is 10.1. The highest BCUT2D eigenvalue weighted by atomic mass is 16.1. The van der Waals surface area contributed by atoms with Gasteiger partial charge in [0.05, 0.1) is 0 Å². The molecular formula is C11H14O. The van der Waals surface area contributed by atoms with E-state index in [9.17, 15) is 4.79 Å². The average molecular weight is 162 g/mol. The van der Waals surface area contributed by atoms with E-state index in [2.05, 4.69) is 18.2 Å². The van der Waals surface area contributed by atoms with Crippen molar-refractivity contribution in [1.29, 1.82) is 0 Å². The van der Waals surface area contributed by atoms with Gasteiger partial charge in [0.2, 0.25) is 0 Å². The Hall–Kier alpha value is -1.11. The minimum atomic E-state index is 0.832. The van der Waals surface area contributed by atoms with E-state index in [4.69, 9.17) is 0 Å². The average Bonchev–Trinajstić information content (AvgIpc) is 2.06. The zero-order chi connectivity index (χ0) is 8.81. The molecule has 0 bridgehead atoms. The molecule has 0 spiro atoms. The quantitative estimate of drug-likeness (QED) is 0.450. The lowest BCUT2D eigenvalue weighted by atomic mass is 10.0. The van der Waals surface area contributed by atoms with Gasteiger partial charge in [-0.05, 0) is 43.4 Å². The van der Waals surface area contributed by atoms with Gasteiger partial charge in [-0.2, -0.15) is 0 Å². The third-order valence-corrected chi connectivity index (χ3v) is 1.91. The fourth-order valence-electron chi connectivity index (χ4n) is 1.31. The second kappa shape index (κ2) is 4.70. The number of aldehydes is 1. The summed E-state index contributed by atoms with van der Waals surface area (Å²) in [6.07, 6.45) is 12.4. The lowest BCUT2D eigenvalue weighted by Gasteiger charge is -2.06. The van der Waals surface area contributed by atoms with Crippen LogP contribution in [-0.2, 0) is 4.79 Å². The molecule has 0 saturated carbocycles. The van der Waals surface area contributed by atoms with Gasteiger partial charge < -0.3 is 0 Å². The Morgan fingerprint density at radius 2 is 2.42 bits per heavy atom.